The maximum atomic E-state index is 13.0. The first-order valence-corrected chi connectivity index (χ1v) is 6.61. The number of hydrogen-bond donors (Lipinski definition) is 1. The molecule has 0 atom stereocenters. The number of benzene rings is 1. The quantitative estimate of drug-likeness (QED) is 0.855. The van der Waals surface area contributed by atoms with Gasteiger partial charge < -0.3 is 9.73 Å². The van der Waals surface area contributed by atoms with Gasteiger partial charge in [0.25, 0.3) is 0 Å². The van der Waals surface area contributed by atoms with Gasteiger partial charge in [0, 0.05) is 10.0 Å². The lowest BCUT2D eigenvalue weighted by atomic mass is 10.2. The monoisotopic (exact) mass is 312 g/mol. The fourth-order valence-corrected chi connectivity index (χ4v) is 2.12. The van der Waals surface area contributed by atoms with Gasteiger partial charge in [0.1, 0.15) is 5.82 Å². The van der Waals surface area contributed by atoms with Crippen LogP contribution >= 0.6 is 15.9 Å². The Hall–Kier alpha value is -1.20. The Labute approximate surface area is 114 Å². The van der Waals surface area contributed by atoms with Crippen molar-refractivity contribution < 1.29 is 8.81 Å². The largest absolute Gasteiger partial charge is 0.439 e. The highest BCUT2D eigenvalue weighted by Crippen LogP contribution is 2.29. The van der Waals surface area contributed by atoms with E-state index in [0.29, 0.717) is 22.7 Å². The summed E-state index contributed by atoms with van der Waals surface area (Å²) >= 11 is 3.31. The first-order valence-electron chi connectivity index (χ1n) is 5.81. The third-order valence-corrected chi connectivity index (χ3v) is 3.11. The Balaban J connectivity index is 2.13. The Morgan fingerprint density at radius 2 is 2.28 bits per heavy atom. The Kier molecular flexibility index (Phi) is 4.49. The standard InChI is InChI=1S/C13H14BrFN2O/c1-2-5-16-8-13-17-7-12(18-13)10-4-3-9(15)6-11(10)14/h3-4,6-7,16H,2,5,8H2,1H3. The Morgan fingerprint density at radius 3 is 3.00 bits per heavy atom. The van der Waals surface area contributed by atoms with Crippen molar-refractivity contribution in [2.24, 2.45) is 0 Å². The minimum Gasteiger partial charge on any atom is -0.439 e. The van der Waals surface area contributed by atoms with E-state index in [4.69, 9.17) is 4.42 Å². The minimum atomic E-state index is -0.282. The zero-order chi connectivity index (χ0) is 13.0. The van der Waals surface area contributed by atoms with E-state index in [2.05, 4.69) is 33.2 Å². The SMILES string of the molecule is CCCNCc1ncc(-c2ccc(F)cc2Br)o1. The summed E-state index contributed by atoms with van der Waals surface area (Å²) in [5.74, 6) is 0.986. The van der Waals surface area contributed by atoms with Crippen molar-refractivity contribution in [2.75, 3.05) is 6.54 Å². The lowest BCUT2D eigenvalue weighted by Gasteiger charge is -2.01. The molecule has 5 heteroatoms. The van der Waals surface area contributed by atoms with Gasteiger partial charge in [0.05, 0.1) is 12.7 Å². The normalized spacial score (nSPS) is 10.8. The van der Waals surface area contributed by atoms with Gasteiger partial charge in [-0.15, -0.1) is 0 Å². The molecule has 1 aromatic heterocycles. The number of halogens is 2. The van der Waals surface area contributed by atoms with Gasteiger partial charge in [-0.05, 0) is 47.1 Å². The molecule has 0 fully saturated rings. The van der Waals surface area contributed by atoms with Crippen molar-refractivity contribution in [2.45, 2.75) is 19.9 Å². The second-order valence-electron chi connectivity index (χ2n) is 3.92. The van der Waals surface area contributed by atoms with E-state index in [-0.39, 0.29) is 5.82 Å². The predicted octanol–water partition coefficient (Wildman–Crippen LogP) is 3.74. The lowest BCUT2D eigenvalue weighted by molar-refractivity contribution is 0.477. The van der Waals surface area contributed by atoms with Crippen LogP contribution in [0.15, 0.2) is 33.3 Å². The van der Waals surface area contributed by atoms with E-state index >= 15 is 0 Å². The van der Waals surface area contributed by atoms with Crippen molar-refractivity contribution in [3.63, 3.8) is 0 Å². The van der Waals surface area contributed by atoms with Gasteiger partial charge in [-0.3, -0.25) is 0 Å². The van der Waals surface area contributed by atoms with E-state index in [1.54, 1.807) is 12.3 Å². The van der Waals surface area contributed by atoms with Crippen LogP contribution in [0, 0.1) is 5.82 Å². The molecule has 0 unspecified atom stereocenters. The van der Waals surface area contributed by atoms with Gasteiger partial charge in [-0.25, -0.2) is 9.37 Å². The van der Waals surface area contributed by atoms with Crippen molar-refractivity contribution >= 4 is 15.9 Å². The van der Waals surface area contributed by atoms with Gasteiger partial charge >= 0.3 is 0 Å². The summed E-state index contributed by atoms with van der Waals surface area (Å²) in [5.41, 5.74) is 0.797. The van der Waals surface area contributed by atoms with Crippen molar-refractivity contribution in [1.29, 1.82) is 0 Å². The molecule has 0 saturated heterocycles. The van der Waals surface area contributed by atoms with Crippen LogP contribution in [0.3, 0.4) is 0 Å². The van der Waals surface area contributed by atoms with Crippen molar-refractivity contribution in [3.8, 4) is 11.3 Å². The summed E-state index contributed by atoms with van der Waals surface area (Å²) in [5, 5.41) is 3.21. The van der Waals surface area contributed by atoms with Crippen LogP contribution in [-0.4, -0.2) is 11.5 Å². The Bertz CT molecular complexity index is 527. The molecular formula is C13H14BrFN2O. The van der Waals surface area contributed by atoms with Crippen LogP contribution in [0.4, 0.5) is 4.39 Å². The number of nitrogens with zero attached hydrogens (tertiary/aromatic N) is 1. The van der Waals surface area contributed by atoms with Gasteiger partial charge in [0.2, 0.25) is 5.89 Å². The third kappa shape index (κ3) is 3.17. The molecule has 0 radical (unpaired) electrons. The molecule has 18 heavy (non-hydrogen) atoms. The van der Waals surface area contributed by atoms with Crippen molar-refractivity contribution in [3.05, 3.63) is 40.6 Å². The molecule has 0 aliphatic rings. The third-order valence-electron chi connectivity index (χ3n) is 2.45. The molecular weight excluding hydrogens is 299 g/mol. The van der Waals surface area contributed by atoms with E-state index in [1.165, 1.54) is 12.1 Å². The van der Waals surface area contributed by atoms with Crippen LogP contribution in [0.25, 0.3) is 11.3 Å². The molecule has 3 nitrogen and oxygen atoms in total. The first-order chi connectivity index (χ1) is 8.70. The zero-order valence-corrected chi connectivity index (χ0v) is 11.6. The average Bonchev–Trinajstić information content (AvgIpc) is 2.78. The molecule has 1 N–H and O–H groups in total. The molecule has 0 aliphatic carbocycles. The van der Waals surface area contributed by atoms with E-state index in [0.717, 1.165) is 18.5 Å². The summed E-state index contributed by atoms with van der Waals surface area (Å²) < 4.78 is 19.3. The highest BCUT2D eigenvalue weighted by atomic mass is 79.9. The van der Waals surface area contributed by atoms with Crippen LogP contribution < -0.4 is 5.32 Å². The number of oxazole rings is 1. The fourth-order valence-electron chi connectivity index (χ4n) is 1.58. The number of aromatic nitrogens is 1. The molecule has 0 spiro atoms. The fraction of sp³-hybridized carbons (Fsp3) is 0.308. The molecule has 2 aromatic rings. The van der Waals surface area contributed by atoms with E-state index < -0.39 is 0 Å². The minimum absolute atomic E-state index is 0.282. The van der Waals surface area contributed by atoms with E-state index in [9.17, 15) is 4.39 Å². The second kappa shape index (κ2) is 6.11. The maximum Gasteiger partial charge on any atom is 0.208 e. The molecule has 0 amide bonds. The average molecular weight is 313 g/mol. The van der Waals surface area contributed by atoms with Gasteiger partial charge in [-0.2, -0.15) is 0 Å². The van der Waals surface area contributed by atoms with Crippen LogP contribution in [0.5, 0.6) is 0 Å². The lowest BCUT2D eigenvalue weighted by Crippen LogP contribution is -2.13. The molecule has 0 aliphatic heterocycles. The molecule has 2 rings (SSSR count). The highest BCUT2D eigenvalue weighted by molar-refractivity contribution is 9.10. The van der Waals surface area contributed by atoms with Gasteiger partial charge in [-0.1, -0.05) is 6.92 Å². The highest BCUT2D eigenvalue weighted by Gasteiger charge is 2.10. The summed E-state index contributed by atoms with van der Waals surface area (Å²) in [6, 6.07) is 4.48. The van der Waals surface area contributed by atoms with Crippen LogP contribution in [0.1, 0.15) is 19.2 Å². The Morgan fingerprint density at radius 1 is 1.44 bits per heavy atom. The summed E-state index contributed by atoms with van der Waals surface area (Å²) in [7, 11) is 0. The number of nitrogens with one attached hydrogen (secondary N) is 1. The topological polar surface area (TPSA) is 38.1 Å². The smallest absolute Gasteiger partial charge is 0.208 e. The van der Waals surface area contributed by atoms with E-state index in [1.807, 2.05) is 0 Å². The molecule has 1 aromatic carbocycles. The molecule has 0 bridgehead atoms. The van der Waals surface area contributed by atoms with Crippen LogP contribution in [-0.2, 0) is 6.54 Å². The molecule has 0 saturated carbocycles. The summed E-state index contributed by atoms with van der Waals surface area (Å²) in [4.78, 5) is 4.18. The zero-order valence-electron chi connectivity index (χ0n) is 10.0. The second-order valence-corrected chi connectivity index (χ2v) is 4.77. The molecule has 96 valence electrons. The predicted molar refractivity (Wildman–Crippen MR) is 71.6 cm³/mol. The number of hydrogen-bond acceptors (Lipinski definition) is 3. The maximum absolute atomic E-state index is 13.0. The first kappa shape index (κ1) is 13.2. The van der Waals surface area contributed by atoms with Crippen LogP contribution in [0.2, 0.25) is 0 Å². The summed E-state index contributed by atoms with van der Waals surface area (Å²) in [6.45, 7) is 3.63. The molecule has 1 heterocycles. The summed E-state index contributed by atoms with van der Waals surface area (Å²) in [6.07, 6.45) is 2.72. The van der Waals surface area contributed by atoms with Crippen molar-refractivity contribution in [1.82, 2.24) is 10.3 Å². The number of rotatable bonds is 5. The van der Waals surface area contributed by atoms with Gasteiger partial charge in [0.15, 0.2) is 5.76 Å².